The topological polar surface area (TPSA) is 90.5 Å². The Morgan fingerprint density at radius 2 is 1.98 bits per heavy atom. The molecular weight excluding hydrogens is 617 g/mol. The van der Waals surface area contributed by atoms with Gasteiger partial charge in [-0.15, -0.1) is 0 Å². The van der Waals surface area contributed by atoms with Crippen LogP contribution in [0.2, 0.25) is 5.02 Å². The predicted octanol–water partition coefficient (Wildman–Crippen LogP) is 6.59. The molecule has 0 unspecified atom stereocenters. The Balaban J connectivity index is 1.45. The molecule has 7 rings (SSSR count). The van der Waals surface area contributed by atoms with E-state index in [0.717, 1.165) is 29.4 Å². The number of imidazole rings is 1. The summed E-state index contributed by atoms with van der Waals surface area (Å²) in [5.41, 5.74) is 2.41. The van der Waals surface area contributed by atoms with Gasteiger partial charge in [-0.1, -0.05) is 48.5 Å². The fourth-order valence-corrected chi connectivity index (χ4v) is 7.48. The van der Waals surface area contributed by atoms with E-state index in [4.69, 9.17) is 26.3 Å². The molecule has 2 saturated heterocycles. The Kier molecular flexibility index (Phi) is 7.98. The van der Waals surface area contributed by atoms with Gasteiger partial charge in [0.15, 0.2) is 11.6 Å². The molecule has 3 aromatic carbocycles. The average Bonchev–Trinajstić information content (AvgIpc) is 3.50. The normalized spacial score (nSPS) is 18.6. The lowest BCUT2D eigenvalue weighted by Crippen LogP contribution is -2.57. The lowest BCUT2D eigenvalue weighted by Gasteiger charge is -2.43. The number of methoxy groups -OCH3 is 1. The highest BCUT2D eigenvalue weighted by Crippen LogP contribution is 2.46. The summed E-state index contributed by atoms with van der Waals surface area (Å²) in [5, 5.41) is 12.1. The summed E-state index contributed by atoms with van der Waals surface area (Å²) >= 11 is 7.05. The number of halogens is 2. The van der Waals surface area contributed by atoms with Gasteiger partial charge in [0.25, 0.3) is 0 Å². The second kappa shape index (κ2) is 12.1. The van der Waals surface area contributed by atoms with Gasteiger partial charge < -0.3 is 24.0 Å². The first-order valence-electron chi connectivity index (χ1n) is 15.7. The van der Waals surface area contributed by atoms with Crippen LogP contribution in [0, 0.1) is 17.1 Å². The number of aromatic nitrogens is 3. The van der Waals surface area contributed by atoms with Crippen LogP contribution in [0.4, 0.5) is 10.2 Å². The lowest BCUT2D eigenvalue weighted by atomic mass is 9.94. The molecule has 4 heterocycles. The molecule has 0 bridgehead atoms. The molecule has 9 nitrogen and oxygen atoms in total. The van der Waals surface area contributed by atoms with Crippen LogP contribution < -0.4 is 9.64 Å². The number of nitriles is 1. The van der Waals surface area contributed by atoms with Crippen LogP contribution in [0.1, 0.15) is 25.3 Å². The molecular formula is C36H35ClFN7O2. The number of anilines is 1. The van der Waals surface area contributed by atoms with Crippen LogP contribution in [0.15, 0.2) is 61.4 Å². The van der Waals surface area contributed by atoms with E-state index in [1.54, 1.807) is 24.4 Å². The number of hydrogen-bond acceptors (Lipinski definition) is 7. The quantitative estimate of drug-likeness (QED) is 0.184. The monoisotopic (exact) mass is 651 g/mol. The molecule has 0 radical (unpaired) electrons. The molecule has 2 atom stereocenters. The third kappa shape index (κ3) is 5.05. The molecule has 0 N–H and O–H groups in total. The SMILES string of the molecule is C=CC(=O)N1CC[C@H](n2cnc3c(N4CC(N(C)C)C4)nc4c(F)c(-c5c(OC)ccc6ccccc56)c(Cl)cc4c32)C[C@H]1CC#N. The number of fused-ring (bicyclic) bond motifs is 4. The molecule has 0 spiro atoms. The fraction of sp³-hybridized carbons (Fsp3) is 0.333. The van der Waals surface area contributed by atoms with Gasteiger partial charge in [0.2, 0.25) is 5.91 Å². The maximum absolute atomic E-state index is 17.2. The summed E-state index contributed by atoms with van der Waals surface area (Å²) in [4.78, 5) is 28.5. The van der Waals surface area contributed by atoms with Crippen molar-refractivity contribution in [3.8, 4) is 22.9 Å². The summed E-state index contributed by atoms with van der Waals surface area (Å²) in [7, 11) is 5.66. The first-order chi connectivity index (χ1) is 22.7. The largest absolute Gasteiger partial charge is 0.496 e. The van der Waals surface area contributed by atoms with E-state index < -0.39 is 5.82 Å². The van der Waals surface area contributed by atoms with Crippen molar-refractivity contribution in [2.45, 2.75) is 37.4 Å². The Morgan fingerprint density at radius 1 is 1.19 bits per heavy atom. The number of pyridine rings is 1. The van der Waals surface area contributed by atoms with Crippen LogP contribution in [-0.4, -0.2) is 83.2 Å². The van der Waals surface area contributed by atoms with Crippen molar-refractivity contribution in [2.75, 3.05) is 45.7 Å². The van der Waals surface area contributed by atoms with Crippen LogP contribution in [0.25, 0.3) is 43.8 Å². The minimum absolute atomic E-state index is 0.0868. The Morgan fingerprint density at radius 3 is 2.70 bits per heavy atom. The number of benzene rings is 3. The summed E-state index contributed by atoms with van der Waals surface area (Å²) in [6.45, 7) is 5.58. The van der Waals surface area contributed by atoms with Gasteiger partial charge in [0.05, 0.1) is 36.5 Å². The van der Waals surface area contributed by atoms with E-state index in [1.165, 1.54) is 6.08 Å². The van der Waals surface area contributed by atoms with Crippen LogP contribution >= 0.6 is 11.6 Å². The minimum Gasteiger partial charge on any atom is -0.496 e. The minimum atomic E-state index is -0.531. The number of carbonyl (C=O) groups excluding carboxylic acids is 1. The van der Waals surface area contributed by atoms with Gasteiger partial charge >= 0.3 is 0 Å². The Labute approximate surface area is 277 Å². The lowest BCUT2D eigenvalue weighted by molar-refractivity contribution is -0.130. The number of piperidine rings is 1. The highest BCUT2D eigenvalue weighted by Gasteiger charge is 2.36. The van der Waals surface area contributed by atoms with Crippen LogP contribution in [0.3, 0.4) is 0 Å². The van der Waals surface area contributed by atoms with Gasteiger partial charge in [-0.05, 0) is 55.9 Å². The van der Waals surface area contributed by atoms with E-state index in [2.05, 4.69) is 27.0 Å². The van der Waals surface area contributed by atoms with Crippen molar-refractivity contribution >= 4 is 56.0 Å². The first-order valence-corrected chi connectivity index (χ1v) is 16.1. The number of likely N-dealkylation sites (N-methyl/N-ethyl adjacent to an activating group) is 1. The van der Waals surface area contributed by atoms with Crippen molar-refractivity contribution < 1.29 is 13.9 Å². The number of carbonyl (C=O) groups is 1. The van der Waals surface area contributed by atoms with E-state index >= 15 is 4.39 Å². The maximum Gasteiger partial charge on any atom is 0.246 e. The third-order valence-corrected chi connectivity index (χ3v) is 10.1. The average molecular weight is 652 g/mol. The molecule has 2 aliphatic heterocycles. The van der Waals surface area contributed by atoms with E-state index in [1.807, 2.05) is 50.5 Å². The molecule has 2 aromatic heterocycles. The van der Waals surface area contributed by atoms with Crippen molar-refractivity contribution in [1.82, 2.24) is 24.3 Å². The molecule has 0 aliphatic carbocycles. The molecule has 0 saturated carbocycles. The molecule has 2 fully saturated rings. The third-order valence-electron chi connectivity index (χ3n) is 9.79. The van der Waals surface area contributed by atoms with Gasteiger partial charge in [-0.3, -0.25) is 4.79 Å². The second-order valence-corrected chi connectivity index (χ2v) is 13.0. The predicted molar refractivity (Wildman–Crippen MR) is 183 cm³/mol. The number of ether oxygens (including phenoxy) is 1. The number of hydrogen-bond donors (Lipinski definition) is 0. The number of rotatable bonds is 7. The zero-order valence-corrected chi connectivity index (χ0v) is 27.3. The van der Waals surface area contributed by atoms with E-state index in [-0.39, 0.29) is 40.5 Å². The smallest absolute Gasteiger partial charge is 0.246 e. The zero-order chi connectivity index (χ0) is 33.0. The van der Waals surface area contributed by atoms with Gasteiger partial charge in [0.1, 0.15) is 16.8 Å². The number of nitrogens with zero attached hydrogens (tertiary/aromatic N) is 7. The first kappa shape index (κ1) is 30.9. The number of likely N-dealkylation sites (tertiary alicyclic amines) is 1. The van der Waals surface area contributed by atoms with Crippen molar-refractivity contribution in [1.29, 1.82) is 5.26 Å². The molecule has 240 valence electrons. The van der Waals surface area contributed by atoms with E-state index in [0.29, 0.717) is 53.5 Å². The summed E-state index contributed by atoms with van der Waals surface area (Å²) in [6, 6.07) is 15.5. The number of amides is 1. The summed E-state index contributed by atoms with van der Waals surface area (Å²) < 4.78 is 25.0. The summed E-state index contributed by atoms with van der Waals surface area (Å²) in [5.74, 6) is 0.413. The molecule has 47 heavy (non-hydrogen) atoms. The Bertz CT molecular complexity index is 2100. The molecule has 1 amide bonds. The van der Waals surface area contributed by atoms with Gasteiger partial charge in [0, 0.05) is 54.3 Å². The molecule has 11 heteroatoms. The molecule has 5 aromatic rings. The van der Waals surface area contributed by atoms with Crippen molar-refractivity contribution in [3.05, 3.63) is 72.3 Å². The van der Waals surface area contributed by atoms with Crippen LogP contribution in [-0.2, 0) is 4.79 Å². The van der Waals surface area contributed by atoms with Crippen LogP contribution in [0.5, 0.6) is 5.75 Å². The second-order valence-electron chi connectivity index (χ2n) is 12.5. The standard InChI is InChI=1S/C36H35ClFN7O2/c1-5-29(46)44-15-13-23(16-22(44)12-14-39)45-20-40-34-35(45)26-17-27(37)31(30-25-9-7-6-8-21(25)10-11-28(30)47-4)32(38)33(26)41-36(34)43-18-24(19-43)42(2)3/h5-11,17,20,22-24H,1,12-13,15-16,18-19H2,2-4H3/t22-,23+/m1/s1. The van der Waals surface area contributed by atoms with Crippen molar-refractivity contribution in [3.63, 3.8) is 0 Å². The summed E-state index contributed by atoms with van der Waals surface area (Å²) in [6.07, 6.45) is 4.47. The highest BCUT2D eigenvalue weighted by atomic mass is 35.5. The fourth-order valence-electron chi connectivity index (χ4n) is 7.20. The zero-order valence-electron chi connectivity index (χ0n) is 26.6. The van der Waals surface area contributed by atoms with Crippen molar-refractivity contribution in [2.24, 2.45) is 0 Å². The molecule has 2 aliphatic rings. The maximum atomic E-state index is 17.2. The van der Waals surface area contributed by atoms with Gasteiger partial charge in [-0.25, -0.2) is 14.4 Å². The highest BCUT2D eigenvalue weighted by molar-refractivity contribution is 6.35. The Hall–Kier alpha value is -4.72. The van der Waals surface area contributed by atoms with E-state index in [9.17, 15) is 10.1 Å². The van der Waals surface area contributed by atoms with Gasteiger partial charge in [-0.2, -0.15) is 5.26 Å².